The molecule has 0 radical (unpaired) electrons. The summed E-state index contributed by atoms with van der Waals surface area (Å²) in [7, 11) is -2.73. The maximum atomic E-state index is 11.6. The second-order valence-electron chi connectivity index (χ2n) is 4.35. The first-order valence-electron chi connectivity index (χ1n) is 5.04. The molecule has 1 N–H and O–H groups in total. The van der Waals surface area contributed by atoms with Gasteiger partial charge in [0.2, 0.25) is 0 Å². The average molecular weight is 203 g/mol. The van der Waals surface area contributed by atoms with Crippen LogP contribution in [0.1, 0.15) is 26.2 Å². The molecule has 0 aromatic carbocycles. The molecule has 2 heterocycles. The fourth-order valence-corrected chi connectivity index (χ4v) is 4.79. The van der Waals surface area contributed by atoms with E-state index in [2.05, 4.69) is 12.2 Å². The fraction of sp³-hybridized carbons (Fsp3) is 1.00. The number of nitrogens with one attached hydrogen (secondary N) is 1. The van der Waals surface area contributed by atoms with E-state index in [1.54, 1.807) is 0 Å². The molecule has 0 spiro atoms. The van der Waals surface area contributed by atoms with Crippen LogP contribution < -0.4 is 5.32 Å². The third-order valence-corrected chi connectivity index (χ3v) is 5.69. The Hall–Kier alpha value is -0.0900. The Morgan fingerprint density at radius 1 is 1.38 bits per heavy atom. The smallest absolute Gasteiger partial charge is 0.153 e. The Labute approximate surface area is 79.8 Å². The fourth-order valence-electron chi connectivity index (χ4n) is 2.60. The van der Waals surface area contributed by atoms with E-state index in [1.807, 2.05) is 0 Å². The van der Waals surface area contributed by atoms with Crippen LogP contribution in [0, 0.1) is 5.92 Å². The SMILES string of the molecule is CC1CC(C2CCCS2(=O)=O)CN1. The summed E-state index contributed by atoms with van der Waals surface area (Å²) in [5.41, 5.74) is 0. The summed E-state index contributed by atoms with van der Waals surface area (Å²) in [6, 6.07) is 0.501. The van der Waals surface area contributed by atoms with Gasteiger partial charge in [0, 0.05) is 6.04 Å². The van der Waals surface area contributed by atoms with Crippen LogP contribution in [0.4, 0.5) is 0 Å². The van der Waals surface area contributed by atoms with Gasteiger partial charge < -0.3 is 5.32 Å². The van der Waals surface area contributed by atoms with E-state index in [9.17, 15) is 8.42 Å². The van der Waals surface area contributed by atoms with E-state index in [1.165, 1.54) is 0 Å². The van der Waals surface area contributed by atoms with Gasteiger partial charge >= 0.3 is 0 Å². The van der Waals surface area contributed by atoms with Crippen molar-refractivity contribution in [2.45, 2.75) is 37.5 Å². The standard InChI is InChI=1S/C9H17NO2S/c1-7-5-8(6-10-7)9-3-2-4-13(9,11)12/h7-10H,2-6H2,1H3. The zero-order valence-electron chi connectivity index (χ0n) is 7.99. The van der Waals surface area contributed by atoms with Gasteiger partial charge in [-0.05, 0) is 38.6 Å². The van der Waals surface area contributed by atoms with Crippen molar-refractivity contribution in [3.63, 3.8) is 0 Å². The van der Waals surface area contributed by atoms with Crippen LogP contribution in [0.25, 0.3) is 0 Å². The lowest BCUT2D eigenvalue weighted by Gasteiger charge is -2.15. The molecule has 2 rings (SSSR count). The molecule has 2 saturated heterocycles. The molecule has 3 unspecified atom stereocenters. The van der Waals surface area contributed by atoms with Crippen LogP contribution >= 0.6 is 0 Å². The minimum Gasteiger partial charge on any atom is -0.314 e. The van der Waals surface area contributed by atoms with Crippen molar-refractivity contribution in [2.75, 3.05) is 12.3 Å². The van der Waals surface area contributed by atoms with E-state index in [0.717, 1.165) is 25.8 Å². The lowest BCUT2D eigenvalue weighted by atomic mass is 9.99. The van der Waals surface area contributed by atoms with Crippen LogP contribution in [0.15, 0.2) is 0 Å². The van der Waals surface area contributed by atoms with Crippen LogP contribution in [0.2, 0.25) is 0 Å². The molecule has 0 bridgehead atoms. The van der Waals surface area contributed by atoms with E-state index in [4.69, 9.17) is 0 Å². The molecule has 2 aliphatic heterocycles. The van der Waals surface area contributed by atoms with Crippen molar-refractivity contribution in [3.05, 3.63) is 0 Å². The minimum atomic E-state index is -2.73. The summed E-state index contributed by atoms with van der Waals surface area (Å²) in [6.45, 7) is 3.02. The highest BCUT2D eigenvalue weighted by Gasteiger charge is 2.39. The molecule has 13 heavy (non-hydrogen) atoms. The molecule has 2 aliphatic rings. The van der Waals surface area contributed by atoms with E-state index >= 15 is 0 Å². The number of hydrogen-bond acceptors (Lipinski definition) is 3. The first-order chi connectivity index (χ1) is 6.09. The van der Waals surface area contributed by atoms with E-state index < -0.39 is 9.84 Å². The molecule has 4 heteroatoms. The quantitative estimate of drug-likeness (QED) is 0.677. The number of hydrogen-bond donors (Lipinski definition) is 1. The van der Waals surface area contributed by atoms with Gasteiger partial charge in [-0.3, -0.25) is 0 Å². The zero-order chi connectivity index (χ0) is 9.47. The molecule has 3 atom stereocenters. The van der Waals surface area contributed by atoms with Gasteiger partial charge in [0.15, 0.2) is 9.84 Å². The molecule has 3 nitrogen and oxygen atoms in total. The zero-order valence-corrected chi connectivity index (χ0v) is 8.81. The Kier molecular flexibility index (Phi) is 2.36. The molecule has 2 fully saturated rings. The molecule has 76 valence electrons. The maximum Gasteiger partial charge on any atom is 0.153 e. The highest BCUT2D eigenvalue weighted by molar-refractivity contribution is 7.92. The third kappa shape index (κ3) is 1.74. The summed E-state index contributed by atoms with van der Waals surface area (Å²) in [5.74, 6) is 0.797. The van der Waals surface area contributed by atoms with Crippen LogP contribution in [-0.4, -0.2) is 32.0 Å². The molecular formula is C9H17NO2S. The van der Waals surface area contributed by atoms with Gasteiger partial charge in [-0.2, -0.15) is 0 Å². The van der Waals surface area contributed by atoms with Gasteiger partial charge in [0.05, 0.1) is 11.0 Å². The first-order valence-corrected chi connectivity index (χ1v) is 6.76. The second-order valence-corrected chi connectivity index (χ2v) is 6.69. The average Bonchev–Trinajstić information content (AvgIpc) is 2.56. The van der Waals surface area contributed by atoms with Crippen molar-refractivity contribution < 1.29 is 8.42 Å². The summed E-state index contributed by atoms with van der Waals surface area (Å²) in [5, 5.41) is 3.28. The summed E-state index contributed by atoms with van der Waals surface area (Å²) in [6.07, 6.45) is 2.79. The Morgan fingerprint density at radius 3 is 2.62 bits per heavy atom. The summed E-state index contributed by atoms with van der Waals surface area (Å²) in [4.78, 5) is 0. The van der Waals surface area contributed by atoms with Crippen molar-refractivity contribution in [1.82, 2.24) is 5.32 Å². The predicted octanol–water partition coefficient (Wildman–Crippen LogP) is 0.562. The molecule has 0 aromatic heterocycles. The first kappa shape index (κ1) is 9.46. The molecule has 0 aliphatic carbocycles. The minimum absolute atomic E-state index is 0.0371. The summed E-state index contributed by atoms with van der Waals surface area (Å²) >= 11 is 0. The van der Waals surface area contributed by atoms with Gasteiger partial charge in [-0.1, -0.05) is 0 Å². The molecular weight excluding hydrogens is 186 g/mol. The van der Waals surface area contributed by atoms with Gasteiger partial charge in [-0.15, -0.1) is 0 Å². The van der Waals surface area contributed by atoms with Gasteiger partial charge in [0.25, 0.3) is 0 Å². The van der Waals surface area contributed by atoms with Gasteiger partial charge in [0.1, 0.15) is 0 Å². The Morgan fingerprint density at radius 2 is 2.15 bits per heavy atom. The monoisotopic (exact) mass is 203 g/mol. The lowest BCUT2D eigenvalue weighted by molar-refractivity contribution is 0.498. The largest absolute Gasteiger partial charge is 0.314 e. The van der Waals surface area contributed by atoms with Crippen molar-refractivity contribution in [3.8, 4) is 0 Å². The van der Waals surface area contributed by atoms with Crippen molar-refractivity contribution >= 4 is 9.84 Å². The molecule has 0 amide bonds. The van der Waals surface area contributed by atoms with Crippen molar-refractivity contribution in [1.29, 1.82) is 0 Å². The topological polar surface area (TPSA) is 46.2 Å². The number of rotatable bonds is 1. The highest BCUT2D eigenvalue weighted by atomic mass is 32.2. The van der Waals surface area contributed by atoms with E-state index in [-0.39, 0.29) is 5.25 Å². The van der Waals surface area contributed by atoms with Gasteiger partial charge in [-0.25, -0.2) is 8.42 Å². The van der Waals surface area contributed by atoms with Crippen molar-refractivity contribution in [2.24, 2.45) is 5.92 Å². The Balaban J connectivity index is 2.09. The van der Waals surface area contributed by atoms with Crippen LogP contribution in [-0.2, 0) is 9.84 Å². The Bertz CT molecular complexity index is 286. The molecule has 0 aromatic rings. The summed E-state index contributed by atoms with van der Waals surface area (Å²) < 4.78 is 23.3. The normalized spacial score (nSPS) is 43.9. The molecule has 0 saturated carbocycles. The highest BCUT2D eigenvalue weighted by Crippen LogP contribution is 2.31. The second kappa shape index (κ2) is 3.24. The third-order valence-electron chi connectivity index (χ3n) is 3.29. The van der Waals surface area contributed by atoms with E-state index in [0.29, 0.717) is 17.7 Å². The van der Waals surface area contributed by atoms with Crippen LogP contribution in [0.5, 0.6) is 0 Å². The maximum absolute atomic E-state index is 11.6. The van der Waals surface area contributed by atoms with Crippen LogP contribution in [0.3, 0.4) is 0 Å². The lowest BCUT2D eigenvalue weighted by Crippen LogP contribution is -2.27. The number of sulfone groups is 1. The predicted molar refractivity (Wildman–Crippen MR) is 52.4 cm³/mol.